The Morgan fingerprint density at radius 2 is 1.92 bits per heavy atom. The van der Waals surface area contributed by atoms with E-state index < -0.39 is 5.97 Å². The lowest BCUT2D eigenvalue weighted by Crippen LogP contribution is -2.12. The normalized spacial score (nSPS) is 10.2. The highest BCUT2D eigenvalue weighted by Crippen LogP contribution is 2.20. The maximum Gasteiger partial charge on any atom is 0.362 e. The zero-order chi connectivity index (χ0) is 16.9. The second-order valence-electron chi connectivity index (χ2n) is 5.01. The summed E-state index contributed by atoms with van der Waals surface area (Å²) in [7, 11) is 0. The van der Waals surface area contributed by atoms with E-state index in [0.29, 0.717) is 16.3 Å². The lowest BCUT2D eigenvalue weighted by molar-refractivity contribution is 0.0728. The van der Waals surface area contributed by atoms with Crippen molar-refractivity contribution < 1.29 is 14.3 Å². The van der Waals surface area contributed by atoms with Crippen LogP contribution in [-0.2, 0) is 0 Å². The Hall–Kier alpha value is -2.99. The van der Waals surface area contributed by atoms with Gasteiger partial charge < -0.3 is 10.1 Å². The molecule has 120 valence electrons. The first-order chi connectivity index (χ1) is 11.6. The van der Waals surface area contributed by atoms with Crippen molar-refractivity contribution in [1.82, 2.24) is 4.98 Å². The fourth-order valence-corrected chi connectivity index (χ4v) is 2.67. The number of thiophene rings is 1. The minimum atomic E-state index is -0.541. The number of carbonyl (C=O) groups is 2. The molecule has 0 aliphatic rings. The van der Waals surface area contributed by atoms with E-state index in [-0.39, 0.29) is 11.6 Å². The molecule has 1 aromatic carbocycles. The Morgan fingerprint density at radius 1 is 1.08 bits per heavy atom. The first-order valence-electron chi connectivity index (χ1n) is 7.22. The zero-order valence-electron chi connectivity index (χ0n) is 12.9. The van der Waals surface area contributed by atoms with Gasteiger partial charge in [0.05, 0.1) is 4.88 Å². The molecule has 5 nitrogen and oxygen atoms in total. The van der Waals surface area contributed by atoms with E-state index in [4.69, 9.17) is 4.74 Å². The molecular weight excluding hydrogens is 324 g/mol. The molecule has 0 radical (unpaired) electrons. The minimum absolute atomic E-state index is 0.200. The minimum Gasteiger partial charge on any atom is -0.422 e. The van der Waals surface area contributed by atoms with E-state index in [9.17, 15) is 9.59 Å². The summed E-state index contributed by atoms with van der Waals surface area (Å²) >= 11 is 1.36. The van der Waals surface area contributed by atoms with Crippen molar-refractivity contribution in [2.75, 3.05) is 5.32 Å². The molecule has 0 spiro atoms. The van der Waals surface area contributed by atoms with Gasteiger partial charge in [-0.05, 0) is 42.6 Å². The first kappa shape index (κ1) is 15.9. The highest BCUT2D eigenvalue weighted by atomic mass is 32.1. The second-order valence-corrected chi connectivity index (χ2v) is 5.96. The van der Waals surface area contributed by atoms with E-state index in [1.54, 1.807) is 55.5 Å². The van der Waals surface area contributed by atoms with Crippen molar-refractivity contribution in [3.8, 4) is 5.75 Å². The van der Waals surface area contributed by atoms with Crippen LogP contribution in [0.2, 0.25) is 0 Å². The third kappa shape index (κ3) is 3.85. The number of hydrogen-bond donors (Lipinski definition) is 1. The number of ether oxygens (including phenoxy) is 1. The van der Waals surface area contributed by atoms with Crippen molar-refractivity contribution in [2.45, 2.75) is 6.92 Å². The van der Waals surface area contributed by atoms with E-state index in [1.807, 2.05) is 11.4 Å². The molecular formula is C18H14N2O3S. The van der Waals surface area contributed by atoms with E-state index in [2.05, 4.69) is 10.3 Å². The van der Waals surface area contributed by atoms with Crippen LogP contribution < -0.4 is 10.1 Å². The summed E-state index contributed by atoms with van der Waals surface area (Å²) in [5.41, 5.74) is 1.53. The summed E-state index contributed by atoms with van der Waals surface area (Å²) in [5, 5.41) is 4.61. The molecule has 0 saturated carbocycles. The van der Waals surface area contributed by atoms with Crippen LogP contribution in [0.1, 0.15) is 25.9 Å². The molecule has 3 aromatic rings. The molecule has 2 aromatic heterocycles. The second kappa shape index (κ2) is 7.06. The van der Waals surface area contributed by atoms with E-state index >= 15 is 0 Å². The van der Waals surface area contributed by atoms with Crippen molar-refractivity contribution in [3.63, 3.8) is 0 Å². The molecule has 6 heteroatoms. The van der Waals surface area contributed by atoms with E-state index in [0.717, 1.165) is 5.69 Å². The number of esters is 1. The highest BCUT2D eigenvalue weighted by Gasteiger charge is 2.12. The molecule has 0 unspecified atom stereocenters. The van der Waals surface area contributed by atoms with Gasteiger partial charge in [-0.3, -0.25) is 4.79 Å². The number of aromatic nitrogens is 1. The summed E-state index contributed by atoms with van der Waals surface area (Å²) in [6, 6.07) is 15.4. The lowest BCUT2D eigenvalue weighted by atomic mass is 10.3. The standard InChI is InChI=1S/C18H14N2O3S/c1-12-5-2-8-15(19-12)18(22)23-14-7-3-6-13(11-14)20-17(21)16-9-4-10-24-16/h2-11H,1H3,(H,20,21). The topological polar surface area (TPSA) is 68.3 Å². The van der Waals surface area contributed by atoms with Crippen LogP contribution >= 0.6 is 11.3 Å². The SMILES string of the molecule is Cc1cccc(C(=O)Oc2cccc(NC(=O)c3cccs3)c2)n1. The average molecular weight is 338 g/mol. The average Bonchev–Trinajstić information content (AvgIpc) is 3.10. The number of pyridine rings is 1. The van der Waals surface area contributed by atoms with Crippen molar-refractivity contribution in [2.24, 2.45) is 0 Å². The van der Waals surface area contributed by atoms with Gasteiger partial charge in [0, 0.05) is 17.4 Å². The fourth-order valence-electron chi connectivity index (χ4n) is 2.05. The van der Waals surface area contributed by atoms with E-state index in [1.165, 1.54) is 11.3 Å². The molecule has 0 fully saturated rings. The fraction of sp³-hybridized carbons (Fsp3) is 0.0556. The molecule has 0 aliphatic heterocycles. The number of carbonyl (C=O) groups excluding carboxylic acids is 2. The monoisotopic (exact) mass is 338 g/mol. The Kier molecular flexibility index (Phi) is 4.67. The third-order valence-electron chi connectivity index (χ3n) is 3.14. The highest BCUT2D eigenvalue weighted by molar-refractivity contribution is 7.12. The number of rotatable bonds is 4. The smallest absolute Gasteiger partial charge is 0.362 e. The number of aryl methyl sites for hydroxylation is 1. The molecule has 0 bridgehead atoms. The Balaban J connectivity index is 1.71. The molecule has 0 saturated heterocycles. The largest absolute Gasteiger partial charge is 0.422 e. The number of anilines is 1. The molecule has 0 atom stereocenters. The van der Waals surface area contributed by atoms with Crippen molar-refractivity contribution >= 4 is 28.9 Å². The summed E-state index contributed by atoms with van der Waals surface area (Å²) in [6.45, 7) is 1.80. The quantitative estimate of drug-likeness (QED) is 0.578. The number of benzene rings is 1. The van der Waals surface area contributed by atoms with Crippen LogP contribution in [0.15, 0.2) is 60.0 Å². The predicted octanol–water partition coefficient (Wildman–Crippen LogP) is 3.92. The number of hydrogen-bond acceptors (Lipinski definition) is 5. The maximum atomic E-state index is 12.1. The molecule has 3 rings (SSSR count). The van der Waals surface area contributed by atoms with Gasteiger partial charge in [-0.2, -0.15) is 0 Å². The van der Waals surface area contributed by atoms with Gasteiger partial charge in [-0.1, -0.05) is 18.2 Å². The first-order valence-corrected chi connectivity index (χ1v) is 8.10. The molecule has 2 heterocycles. The summed E-state index contributed by atoms with van der Waals surface area (Å²) in [6.07, 6.45) is 0. The third-order valence-corrected chi connectivity index (χ3v) is 4.01. The van der Waals surface area contributed by atoms with Crippen molar-refractivity contribution in [3.05, 3.63) is 76.2 Å². The van der Waals surface area contributed by atoms with Crippen LogP contribution in [0.5, 0.6) is 5.75 Å². The molecule has 0 aliphatic carbocycles. The van der Waals surface area contributed by atoms with Crippen molar-refractivity contribution in [1.29, 1.82) is 0 Å². The van der Waals surface area contributed by atoms with Crippen LogP contribution in [0.4, 0.5) is 5.69 Å². The summed E-state index contributed by atoms with van der Waals surface area (Å²) in [5.74, 6) is -0.401. The van der Waals surface area contributed by atoms with Gasteiger partial charge in [-0.15, -0.1) is 11.3 Å². The van der Waals surface area contributed by atoms with Gasteiger partial charge >= 0.3 is 5.97 Å². The predicted molar refractivity (Wildman–Crippen MR) is 92.6 cm³/mol. The van der Waals surface area contributed by atoms with Gasteiger partial charge in [0.25, 0.3) is 5.91 Å². The van der Waals surface area contributed by atoms with Crippen LogP contribution in [0.25, 0.3) is 0 Å². The van der Waals surface area contributed by atoms with Crippen LogP contribution in [0, 0.1) is 6.92 Å². The van der Waals surface area contributed by atoms with Gasteiger partial charge in [0.15, 0.2) is 0 Å². The Bertz CT molecular complexity index is 875. The van der Waals surface area contributed by atoms with Crippen LogP contribution in [-0.4, -0.2) is 16.9 Å². The number of nitrogens with one attached hydrogen (secondary N) is 1. The summed E-state index contributed by atoms with van der Waals surface area (Å²) < 4.78 is 5.32. The maximum absolute atomic E-state index is 12.1. The van der Waals surface area contributed by atoms with Gasteiger partial charge in [0.1, 0.15) is 11.4 Å². The molecule has 24 heavy (non-hydrogen) atoms. The molecule has 1 amide bonds. The lowest BCUT2D eigenvalue weighted by Gasteiger charge is -2.07. The Labute approximate surface area is 142 Å². The van der Waals surface area contributed by atoms with Gasteiger partial charge in [-0.25, -0.2) is 9.78 Å². The van der Waals surface area contributed by atoms with Crippen LogP contribution in [0.3, 0.4) is 0 Å². The molecule has 1 N–H and O–H groups in total. The van der Waals surface area contributed by atoms with Gasteiger partial charge in [0.2, 0.25) is 0 Å². The number of amides is 1. The number of nitrogens with zero attached hydrogens (tertiary/aromatic N) is 1. The summed E-state index contributed by atoms with van der Waals surface area (Å²) in [4.78, 5) is 28.9. The Morgan fingerprint density at radius 3 is 2.67 bits per heavy atom. The zero-order valence-corrected chi connectivity index (χ0v) is 13.7.